The van der Waals surface area contributed by atoms with Crippen molar-refractivity contribution in [2.45, 2.75) is 27.2 Å². The second-order valence-corrected chi connectivity index (χ2v) is 2.96. The molecule has 0 aromatic heterocycles. The third kappa shape index (κ3) is 6.72. The van der Waals surface area contributed by atoms with Crippen LogP contribution in [0.2, 0.25) is 0 Å². The molecule has 13 heavy (non-hydrogen) atoms. The van der Waals surface area contributed by atoms with Gasteiger partial charge in [0.2, 0.25) is 0 Å². The third-order valence-corrected chi connectivity index (χ3v) is 2.00. The van der Waals surface area contributed by atoms with Crippen molar-refractivity contribution in [2.24, 2.45) is 0 Å². The molecule has 0 aromatic carbocycles. The van der Waals surface area contributed by atoms with Crippen LogP contribution in [0.5, 0.6) is 0 Å². The van der Waals surface area contributed by atoms with Crippen molar-refractivity contribution < 1.29 is 9.53 Å². The summed E-state index contributed by atoms with van der Waals surface area (Å²) in [6.07, 6.45) is 0.630. The van der Waals surface area contributed by atoms with Crippen molar-refractivity contribution in [3.63, 3.8) is 0 Å². The number of carbonyl (C=O) groups excluding carboxylic acids is 1. The zero-order valence-corrected chi connectivity index (χ0v) is 9.01. The molecule has 0 amide bonds. The maximum absolute atomic E-state index is 11.1. The Kier molecular flexibility index (Phi) is 7.94. The molecule has 0 N–H and O–H groups in total. The number of Topliss-reactive ketones (excluding diaryl/α,β-unsaturated/α-hetero) is 1. The molecule has 0 bridgehead atoms. The van der Waals surface area contributed by atoms with Crippen molar-refractivity contribution in [3.05, 3.63) is 0 Å². The first-order valence-corrected chi connectivity index (χ1v) is 5.06. The first kappa shape index (κ1) is 12.6. The van der Waals surface area contributed by atoms with Crippen LogP contribution in [0.4, 0.5) is 0 Å². The van der Waals surface area contributed by atoms with Gasteiger partial charge in [0.25, 0.3) is 0 Å². The average molecular weight is 187 g/mol. The van der Waals surface area contributed by atoms with Crippen LogP contribution in [0.15, 0.2) is 0 Å². The van der Waals surface area contributed by atoms with Gasteiger partial charge in [-0.15, -0.1) is 0 Å². The monoisotopic (exact) mass is 187 g/mol. The third-order valence-electron chi connectivity index (χ3n) is 2.00. The van der Waals surface area contributed by atoms with Crippen LogP contribution >= 0.6 is 0 Å². The number of rotatable bonds is 8. The standard InChI is InChI=1S/C10H21NO2/c1-4-10(12)9-11(5-2)7-8-13-6-3/h4-9H2,1-3H3. The molecular formula is C10H21NO2. The van der Waals surface area contributed by atoms with Crippen LogP contribution in [0, 0.1) is 0 Å². The molecule has 0 aliphatic heterocycles. The summed E-state index contributed by atoms with van der Waals surface area (Å²) >= 11 is 0. The lowest BCUT2D eigenvalue weighted by Crippen LogP contribution is -2.32. The lowest BCUT2D eigenvalue weighted by Gasteiger charge is -2.18. The fourth-order valence-electron chi connectivity index (χ4n) is 1.05. The molecule has 0 saturated carbocycles. The van der Waals surface area contributed by atoms with Crippen molar-refractivity contribution in [1.29, 1.82) is 0 Å². The molecule has 0 aliphatic rings. The van der Waals surface area contributed by atoms with Crippen molar-refractivity contribution in [1.82, 2.24) is 4.90 Å². The molecule has 0 fully saturated rings. The molecule has 0 spiro atoms. The van der Waals surface area contributed by atoms with Gasteiger partial charge in [-0.3, -0.25) is 9.69 Å². The summed E-state index contributed by atoms with van der Waals surface area (Å²) < 4.78 is 5.23. The molecule has 0 rings (SSSR count). The Hall–Kier alpha value is -0.410. The summed E-state index contributed by atoms with van der Waals surface area (Å²) in [5.41, 5.74) is 0. The zero-order valence-electron chi connectivity index (χ0n) is 9.01. The molecule has 3 heteroatoms. The van der Waals surface area contributed by atoms with Gasteiger partial charge in [0.05, 0.1) is 13.2 Å². The molecule has 0 radical (unpaired) electrons. The summed E-state index contributed by atoms with van der Waals surface area (Å²) in [6.45, 7) is 9.76. The fourth-order valence-corrected chi connectivity index (χ4v) is 1.05. The highest BCUT2D eigenvalue weighted by Gasteiger charge is 2.06. The van der Waals surface area contributed by atoms with Gasteiger partial charge in [0.1, 0.15) is 5.78 Å². The van der Waals surface area contributed by atoms with Gasteiger partial charge in [-0.05, 0) is 13.5 Å². The van der Waals surface area contributed by atoms with Crippen LogP contribution < -0.4 is 0 Å². The van der Waals surface area contributed by atoms with E-state index < -0.39 is 0 Å². The highest BCUT2D eigenvalue weighted by molar-refractivity contribution is 5.80. The molecule has 78 valence electrons. The van der Waals surface area contributed by atoms with E-state index in [4.69, 9.17) is 4.74 Å². The van der Waals surface area contributed by atoms with E-state index in [9.17, 15) is 4.79 Å². The van der Waals surface area contributed by atoms with E-state index in [1.807, 2.05) is 13.8 Å². The SMILES string of the molecule is CCOCCN(CC)CC(=O)CC. The first-order chi connectivity index (χ1) is 6.24. The van der Waals surface area contributed by atoms with Crippen molar-refractivity contribution in [2.75, 3.05) is 32.8 Å². The Balaban J connectivity index is 3.56. The number of hydrogen-bond donors (Lipinski definition) is 0. The van der Waals surface area contributed by atoms with Crippen LogP contribution in [0.3, 0.4) is 0 Å². The smallest absolute Gasteiger partial charge is 0.146 e. The Morgan fingerprint density at radius 3 is 2.46 bits per heavy atom. The van der Waals surface area contributed by atoms with Gasteiger partial charge >= 0.3 is 0 Å². The molecule has 0 atom stereocenters. The van der Waals surface area contributed by atoms with E-state index in [1.54, 1.807) is 0 Å². The van der Waals surface area contributed by atoms with Gasteiger partial charge in [0, 0.05) is 19.6 Å². The fraction of sp³-hybridized carbons (Fsp3) is 0.900. The predicted octanol–water partition coefficient (Wildman–Crippen LogP) is 1.32. The highest BCUT2D eigenvalue weighted by atomic mass is 16.5. The Labute approximate surface area is 81.1 Å². The Bertz CT molecular complexity index is 137. The largest absolute Gasteiger partial charge is 0.380 e. The minimum Gasteiger partial charge on any atom is -0.380 e. The van der Waals surface area contributed by atoms with Crippen LogP contribution in [-0.4, -0.2) is 43.5 Å². The van der Waals surface area contributed by atoms with Crippen LogP contribution in [0.1, 0.15) is 27.2 Å². The number of ether oxygens (including phenoxy) is 1. The van der Waals surface area contributed by atoms with Gasteiger partial charge in [-0.25, -0.2) is 0 Å². The molecule has 0 unspecified atom stereocenters. The summed E-state index contributed by atoms with van der Waals surface area (Å²) in [5, 5.41) is 0. The van der Waals surface area contributed by atoms with E-state index in [0.717, 1.165) is 26.3 Å². The zero-order chi connectivity index (χ0) is 10.1. The summed E-state index contributed by atoms with van der Waals surface area (Å²) in [7, 11) is 0. The van der Waals surface area contributed by atoms with Crippen LogP contribution in [0.25, 0.3) is 0 Å². The topological polar surface area (TPSA) is 29.5 Å². The van der Waals surface area contributed by atoms with E-state index in [0.29, 0.717) is 18.7 Å². The number of nitrogens with zero attached hydrogens (tertiary/aromatic N) is 1. The van der Waals surface area contributed by atoms with E-state index in [2.05, 4.69) is 11.8 Å². The Morgan fingerprint density at radius 1 is 1.31 bits per heavy atom. The summed E-state index contributed by atoms with van der Waals surface area (Å²) in [4.78, 5) is 13.2. The molecule has 0 aliphatic carbocycles. The van der Waals surface area contributed by atoms with E-state index in [-0.39, 0.29) is 0 Å². The molecule has 0 heterocycles. The maximum atomic E-state index is 11.1. The molecular weight excluding hydrogens is 166 g/mol. The molecule has 0 aromatic rings. The van der Waals surface area contributed by atoms with Gasteiger partial charge in [0.15, 0.2) is 0 Å². The number of likely N-dealkylation sites (N-methyl/N-ethyl adjacent to an activating group) is 1. The quantitative estimate of drug-likeness (QED) is 0.537. The van der Waals surface area contributed by atoms with Crippen molar-refractivity contribution >= 4 is 5.78 Å². The number of hydrogen-bond acceptors (Lipinski definition) is 3. The Morgan fingerprint density at radius 2 is 2.00 bits per heavy atom. The van der Waals surface area contributed by atoms with Gasteiger partial charge in [-0.2, -0.15) is 0 Å². The normalized spacial score (nSPS) is 10.8. The second kappa shape index (κ2) is 8.20. The maximum Gasteiger partial charge on any atom is 0.146 e. The van der Waals surface area contributed by atoms with E-state index in [1.165, 1.54) is 0 Å². The summed E-state index contributed by atoms with van der Waals surface area (Å²) in [6, 6.07) is 0. The first-order valence-electron chi connectivity index (χ1n) is 5.06. The van der Waals surface area contributed by atoms with Gasteiger partial charge < -0.3 is 4.74 Å². The predicted molar refractivity (Wildman–Crippen MR) is 53.9 cm³/mol. The molecule has 0 saturated heterocycles. The van der Waals surface area contributed by atoms with Crippen molar-refractivity contribution in [3.8, 4) is 0 Å². The van der Waals surface area contributed by atoms with Crippen LogP contribution in [-0.2, 0) is 9.53 Å². The lowest BCUT2D eigenvalue weighted by molar-refractivity contribution is -0.120. The molecule has 3 nitrogen and oxygen atoms in total. The summed E-state index contributed by atoms with van der Waals surface area (Å²) in [5.74, 6) is 0.304. The van der Waals surface area contributed by atoms with Gasteiger partial charge in [-0.1, -0.05) is 13.8 Å². The number of ketones is 1. The minimum absolute atomic E-state index is 0.304. The number of carbonyl (C=O) groups is 1. The highest BCUT2D eigenvalue weighted by Crippen LogP contribution is 1.91. The van der Waals surface area contributed by atoms with E-state index >= 15 is 0 Å². The lowest BCUT2D eigenvalue weighted by atomic mass is 10.3. The minimum atomic E-state index is 0.304. The second-order valence-electron chi connectivity index (χ2n) is 2.96. The average Bonchev–Trinajstić information content (AvgIpc) is 2.16.